The van der Waals surface area contributed by atoms with E-state index in [1.807, 2.05) is 36.4 Å². The lowest BCUT2D eigenvalue weighted by atomic mass is 10.0. The Labute approximate surface area is 187 Å². The molecule has 4 nitrogen and oxygen atoms in total. The Hall–Kier alpha value is -2.66. The molecule has 0 saturated heterocycles. The molecule has 0 amide bonds. The lowest BCUT2D eigenvalue weighted by Gasteiger charge is -2.43. The summed E-state index contributed by atoms with van der Waals surface area (Å²) in [5.41, 5.74) is 0. The van der Waals surface area contributed by atoms with E-state index in [-0.39, 0.29) is 17.6 Å². The summed E-state index contributed by atoms with van der Waals surface area (Å²) in [6, 6.07) is 20.5. The Morgan fingerprint density at radius 2 is 1.35 bits per heavy atom. The van der Waals surface area contributed by atoms with Crippen molar-refractivity contribution in [1.82, 2.24) is 0 Å². The molecule has 31 heavy (non-hydrogen) atoms. The number of Topliss-reactive ketones (excluding diaryl/α,β-unsaturated/α-hetero) is 1. The van der Waals surface area contributed by atoms with E-state index in [9.17, 15) is 9.59 Å². The molecule has 0 radical (unpaired) electrons. The summed E-state index contributed by atoms with van der Waals surface area (Å²) in [6.07, 6.45) is -0.0727. The fourth-order valence-corrected chi connectivity index (χ4v) is 8.26. The van der Waals surface area contributed by atoms with Crippen LogP contribution in [0.5, 0.6) is 0 Å². The molecule has 0 N–H and O–H groups in total. The Morgan fingerprint density at radius 1 is 0.903 bits per heavy atom. The van der Waals surface area contributed by atoms with E-state index in [0.717, 1.165) is 10.4 Å². The van der Waals surface area contributed by atoms with Crippen molar-refractivity contribution >= 4 is 30.4 Å². The fourth-order valence-electron chi connectivity index (χ4n) is 3.82. The van der Waals surface area contributed by atoms with Gasteiger partial charge in [0.1, 0.15) is 0 Å². The van der Waals surface area contributed by atoms with Gasteiger partial charge in [-0.05, 0) is 29.3 Å². The van der Waals surface area contributed by atoms with E-state index in [4.69, 9.17) is 9.16 Å². The van der Waals surface area contributed by atoms with Crippen LogP contribution in [0.1, 0.15) is 48.0 Å². The van der Waals surface area contributed by atoms with E-state index in [1.165, 1.54) is 0 Å². The Morgan fingerprint density at radius 3 is 1.74 bits per heavy atom. The molecule has 0 fully saturated rings. The highest BCUT2D eigenvalue weighted by Crippen LogP contribution is 2.38. The summed E-state index contributed by atoms with van der Waals surface area (Å²) >= 11 is 0. The van der Waals surface area contributed by atoms with Crippen molar-refractivity contribution < 1.29 is 18.8 Å². The van der Waals surface area contributed by atoms with Crippen LogP contribution in [0.25, 0.3) is 0 Å². The molecule has 2 aromatic carbocycles. The molecule has 0 heterocycles. The zero-order valence-electron chi connectivity index (χ0n) is 19.5. The molecule has 0 aromatic heterocycles. The molecule has 0 unspecified atom stereocenters. The van der Waals surface area contributed by atoms with Crippen molar-refractivity contribution in [3.63, 3.8) is 0 Å². The average Bonchev–Trinajstić information content (AvgIpc) is 2.71. The summed E-state index contributed by atoms with van der Waals surface area (Å²) in [4.78, 5) is 24.5. The first-order valence-corrected chi connectivity index (χ1v) is 12.6. The normalized spacial score (nSPS) is 12.9. The highest BCUT2D eigenvalue weighted by molar-refractivity contribution is 6.99. The highest BCUT2D eigenvalue weighted by atomic mass is 28.4. The van der Waals surface area contributed by atoms with Crippen molar-refractivity contribution in [2.24, 2.45) is 5.92 Å². The molecular weight excluding hydrogens is 404 g/mol. The molecular formula is C26H34O4Si. The number of ether oxygens (including phenoxy) is 1. The van der Waals surface area contributed by atoms with Gasteiger partial charge < -0.3 is 9.16 Å². The lowest BCUT2D eigenvalue weighted by Crippen LogP contribution is -2.66. The topological polar surface area (TPSA) is 52.6 Å². The number of hydrogen-bond donors (Lipinski definition) is 0. The van der Waals surface area contributed by atoms with Crippen molar-refractivity contribution in [3.8, 4) is 0 Å². The van der Waals surface area contributed by atoms with Gasteiger partial charge in [0.15, 0.2) is 0 Å². The van der Waals surface area contributed by atoms with Gasteiger partial charge in [0.2, 0.25) is 5.78 Å². The molecule has 0 spiro atoms. The van der Waals surface area contributed by atoms with E-state index >= 15 is 0 Å². The van der Waals surface area contributed by atoms with Gasteiger partial charge in [0.25, 0.3) is 0 Å². The molecule has 166 valence electrons. The summed E-state index contributed by atoms with van der Waals surface area (Å²) in [5.74, 6) is -1.42. The Kier molecular flexibility index (Phi) is 8.01. The van der Waals surface area contributed by atoms with Crippen LogP contribution in [0.3, 0.4) is 0 Å². The first-order chi connectivity index (χ1) is 14.5. The third-order valence-corrected chi connectivity index (χ3v) is 10.2. The van der Waals surface area contributed by atoms with Crippen molar-refractivity contribution in [3.05, 3.63) is 73.0 Å². The molecule has 5 heteroatoms. The zero-order valence-corrected chi connectivity index (χ0v) is 20.5. The molecule has 0 aliphatic heterocycles. The summed E-state index contributed by atoms with van der Waals surface area (Å²) in [5, 5.41) is 2.06. The fraction of sp³-hybridized carbons (Fsp3) is 0.385. The monoisotopic (exact) mass is 438 g/mol. The van der Waals surface area contributed by atoms with E-state index in [0.29, 0.717) is 5.76 Å². The van der Waals surface area contributed by atoms with Crippen molar-refractivity contribution in [2.45, 2.75) is 59.1 Å². The summed E-state index contributed by atoms with van der Waals surface area (Å²) in [7, 11) is -2.79. The van der Waals surface area contributed by atoms with Gasteiger partial charge in [-0.15, -0.1) is 0 Å². The predicted molar refractivity (Wildman–Crippen MR) is 128 cm³/mol. The van der Waals surface area contributed by atoms with E-state index < -0.39 is 26.0 Å². The smallest absolute Gasteiger partial charge is 0.375 e. The minimum Gasteiger partial charge on any atom is -0.538 e. The van der Waals surface area contributed by atoms with Gasteiger partial charge in [0.05, 0.1) is 11.9 Å². The molecule has 1 atom stereocenters. The number of carbonyl (C=O) groups is 2. The second-order valence-corrected chi connectivity index (χ2v) is 13.4. The maximum absolute atomic E-state index is 12.5. The van der Waals surface area contributed by atoms with Crippen LogP contribution >= 0.6 is 0 Å². The minimum absolute atomic E-state index is 0.206. The van der Waals surface area contributed by atoms with E-state index in [1.54, 1.807) is 20.8 Å². The average molecular weight is 439 g/mol. The number of carbonyl (C=O) groups excluding carboxylic acids is 2. The van der Waals surface area contributed by atoms with Crippen LogP contribution in [0, 0.1) is 5.92 Å². The van der Waals surface area contributed by atoms with Gasteiger partial charge in [0, 0.05) is 12.3 Å². The highest BCUT2D eigenvalue weighted by Gasteiger charge is 2.52. The van der Waals surface area contributed by atoms with Crippen LogP contribution in [-0.4, -0.2) is 26.2 Å². The third-order valence-electron chi connectivity index (χ3n) is 5.24. The summed E-state index contributed by atoms with van der Waals surface area (Å²) in [6.45, 7) is 15.9. The zero-order chi connectivity index (χ0) is 23.2. The minimum atomic E-state index is -2.79. The number of rotatable bonds is 9. The van der Waals surface area contributed by atoms with Crippen LogP contribution < -0.4 is 10.4 Å². The number of allylic oxidation sites excluding steroid dienone is 1. The maximum atomic E-state index is 12.5. The lowest BCUT2D eigenvalue weighted by molar-refractivity contribution is -0.158. The molecule has 0 saturated carbocycles. The van der Waals surface area contributed by atoms with Gasteiger partial charge in [-0.2, -0.15) is 0 Å². The Balaban J connectivity index is 2.39. The second-order valence-electron chi connectivity index (χ2n) is 9.23. The maximum Gasteiger partial charge on any atom is 0.375 e. The summed E-state index contributed by atoms with van der Waals surface area (Å²) < 4.78 is 11.9. The molecule has 2 aromatic rings. The standard InChI is InChI=1S/C26H34O4Si/c1-19(2)29-25(28)24(27)20(3)18-21(4)30-31(26(5,6)7,22-14-10-8-11-15-22)23-16-12-9-13-17-23/h8-17,19-20H,4,18H2,1-3,5-7H3/t20-/m1/s1. The molecule has 0 aliphatic rings. The molecule has 0 bridgehead atoms. The second kappa shape index (κ2) is 10.1. The number of benzene rings is 2. The van der Waals surface area contributed by atoms with Crippen molar-refractivity contribution in [1.29, 1.82) is 0 Å². The van der Waals surface area contributed by atoms with Crippen LogP contribution in [0.2, 0.25) is 5.04 Å². The van der Waals surface area contributed by atoms with Gasteiger partial charge in [-0.25, -0.2) is 4.79 Å². The van der Waals surface area contributed by atoms with Crippen LogP contribution in [0.15, 0.2) is 73.0 Å². The predicted octanol–water partition coefficient (Wildman–Crippen LogP) is 4.62. The van der Waals surface area contributed by atoms with Gasteiger partial charge >= 0.3 is 14.3 Å². The van der Waals surface area contributed by atoms with Gasteiger partial charge in [-0.1, -0.05) is 94.9 Å². The Bertz CT molecular complexity index is 859. The van der Waals surface area contributed by atoms with Crippen LogP contribution in [0.4, 0.5) is 0 Å². The largest absolute Gasteiger partial charge is 0.538 e. The van der Waals surface area contributed by atoms with Crippen molar-refractivity contribution in [2.75, 3.05) is 0 Å². The van der Waals surface area contributed by atoms with Crippen LogP contribution in [-0.2, 0) is 18.8 Å². The molecule has 2 rings (SSSR count). The third kappa shape index (κ3) is 5.73. The number of esters is 1. The number of hydrogen-bond acceptors (Lipinski definition) is 4. The molecule has 0 aliphatic carbocycles. The first-order valence-electron chi connectivity index (χ1n) is 10.7. The number of ketones is 1. The first kappa shape index (κ1) is 24.6. The van der Waals surface area contributed by atoms with E-state index in [2.05, 4.69) is 51.6 Å². The quantitative estimate of drug-likeness (QED) is 0.248. The SMILES string of the molecule is C=C(C[C@@H](C)C(=O)C(=O)OC(C)C)O[Si](c1ccccc1)(c1ccccc1)C(C)(C)C. The van der Waals surface area contributed by atoms with Gasteiger partial charge in [-0.3, -0.25) is 4.79 Å².